The zero-order valence-corrected chi connectivity index (χ0v) is 21.2. The highest BCUT2D eigenvalue weighted by molar-refractivity contribution is 7.50. The second kappa shape index (κ2) is 9.40. The molecule has 2 aromatic heterocycles. The third-order valence-corrected chi connectivity index (χ3v) is 8.26. The van der Waals surface area contributed by atoms with Crippen LogP contribution in [0.4, 0.5) is 4.39 Å². The third-order valence-electron chi connectivity index (χ3n) is 7.14. The van der Waals surface area contributed by atoms with Crippen LogP contribution in [0, 0.1) is 18.3 Å². The zero-order chi connectivity index (χ0) is 26.4. The second-order valence-electron chi connectivity index (χ2n) is 9.40. The molecule has 5 rings (SSSR count). The Morgan fingerprint density at radius 1 is 1.38 bits per heavy atom. The highest BCUT2D eigenvalue weighted by Crippen LogP contribution is 2.50. The minimum Gasteiger partial charge on any atom is -0.387 e. The first-order valence-electron chi connectivity index (χ1n) is 11.9. The number of rotatable bonds is 8. The molecule has 1 saturated heterocycles. The molecule has 1 aliphatic carbocycles. The molecule has 0 spiro atoms. The predicted molar refractivity (Wildman–Crippen MR) is 132 cm³/mol. The lowest BCUT2D eigenvalue weighted by Gasteiger charge is -2.30. The Balaban J connectivity index is 1.27. The van der Waals surface area contributed by atoms with Gasteiger partial charge in [-0.3, -0.25) is 4.52 Å². The van der Waals surface area contributed by atoms with Gasteiger partial charge in [0.05, 0.1) is 23.5 Å². The molecule has 3 N–H and O–H groups in total. The number of nitrogens with zero attached hydrogens (tertiary/aromatic N) is 4. The Morgan fingerprint density at radius 2 is 2.16 bits per heavy atom. The molecule has 1 unspecified atom stereocenters. The van der Waals surface area contributed by atoms with Gasteiger partial charge in [-0.15, -0.1) is 0 Å². The van der Waals surface area contributed by atoms with Crippen LogP contribution in [0.25, 0.3) is 11.1 Å². The molecule has 0 bridgehead atoms. The highest BCUT2D eigenvalue weighted by Gasteiger charge is 2.67. The molecule has 1 aliphatic heterocycles. The molecule has 12 heteroatoms. The summed E-state index contributed by atoms with van der Waals surface area (Å²) >= 11 is 0. The maximum absolute atomic E-state index is 16.0. The molecule has 3 heterocycles. The molecule has 194 valence electrons. The number of alkyl halides is 1. The minimum atomic E-state index is -4.31. The van der Waals surface area contributed by atoms with Crippen LogP contribution >= 0.6 is 7.75 Å². The first-order valence-corrected chi connectivity index (χ1v) is 13.4. The van der Waals surface area contributed by atoms with Gasteiger partial charge < -0.3 is 14.7 Å². The van der Waals surface area contributed by atoms with E-state index in [9.17, 15) is 19.8 Å². The van der Waals surface area contributed by atoms with E-state index in [0.29, 0.717) is 17.6 Å². The van der Waals surface area contributed by atoms with E-state index in [0.717, 1.165) is 24.5 Å². The topological polar surface area (TPSA) is 142 Å². The van der Waals surface area contributed by atoms with Crippen molar-refractivity contribution in [1.29, 1.82) is 5.26 Å². The molecule has 10 nitrogen and oxygen atoms in total. The Morgan fingerprint density at radius 3 is 2.95 bits per heavy atom. The SMILES string of the molecule is Cc1ncnn2c([C@]3(C#N)O[C@H](COP(=O)(O)NCCC4=CCc5ccccc54)[C@@H](O)[C@@]3(C)F)ccc12. The van der Waals surface area contributed by atoms with E-state index in [1.807, 2.05) is 30.3 Å². The fourth-order valence-corrected chi connectivity index (χ4v) is 5.89. The summed E-state index contributed by atoms with van der Waals surface area (Å²) in [4.78, 5) is 14.4. The normalized spacial score (nSPS) is 28.6. The summed E-state index contributed by atoms with van der Waals surface area (Å²) in [7, 11) is -4.31. The lowest BCUT2D eigenvalue weighted by Crippen LogP contribution is -2.48. The summed E-state index contributed by atoms with van der Waals surface area (Å²) in [6.07, 6.45) is 1.47. The van der Waals surface area contributed by atoms with Crippen molar-refractivity contribution in [3.05, 3.63) is 71.3 Å². The van der Waals surface area contributed by atoms with E-state index < -0.39 is 37.8 Å². The van der Waals surface area contributed by atoms with Crippen molar-refractivity contribution in [2.24, 2.45) is 0 Å². The van der Waals surface area contributed by atoms with Crippen molar-refractivity contribution in [3.63, 3.8) is 0 Å². The van der Waals surface area contributed by atoms with Crippen LogP contribution in [0.5, 0.6) is 0 Å². The Hall–Kier alpha value is -2.97. The molecule has 5 atom stereocenters. The van der Waals surface area contributed by atoms with Gasteiger partial charge >= 0.3 is 7.75 Å². The van der Waals surface area contributed by atoms with Crippen LogP contribution in [-0.4, -0.2) is 55.6 Å². The average Bonchev–Trinajstić information content (AvgIpc) is 3.54. The molecular weight excluding hydrogens is 500 g/mol. The van der Waals surface area contributed by atoms with Crippen LogP contribution in [0.3, 0.4) is 0 Å². The molecule has 0 amide bonds. The van der Waals surface area contributed by atoms with E-state index in [4.69, 9.17) is 9.26 Å². The molecule has 1 fully saturated rings. The van der Waals surface area contributed by atoms with Crippen molar-refractivity contribution < 1.29 is 28.2 Å². The Kier molecular flexibility index (Phi) is 6.52. The summed E-state index contributed by atoms with van der Waals surface area (Å²) in [6.45, 7) is 2.34. The first kappa shape index (κ1) is 25.7. The second-order valence-corrected chi connectivity index (χ2v) is 11.0. The van der Waals surface area contributed by atoms with E-state index in [1.165, 1.54) is 22.5 Å². The number of aryl methyl sites for hydroxylation is 1. The number of nitrogens with one attached hydrogen (secondary N) is 1. The molecule has 0 saturated carbocycles. The van der Waals surface area contributed by atoms with Crippen LogP contribution in [0.15, 0.2) is 48.8 Å². The minimum absolute atomic E-state index is 0.0671. The van der Waals surface area contributed by atoms with E-state index in [1.54, 1.807) is 13.0 Å². The maximum atomic E-state index is 16.0. The van der Waals surface area contributed by atoms with Gasteiger partial charge in [-0.25, -0.2) is 23.5 Å². The first-order chi connectivity index (χ1) is 17.6. The van der Waals surface area contributed by atoms with Gasteiger partial charge in [-0.1, -0.05) is 30.3 Å². The van der Waals surface area contributed by atoms with Crippen molar-refractivity contribution in [2.75, 3.05) is 13.2 Å². The number of hydrogen-bond acceptors (Lipinski definition) is 7. The fraction of sp³-hybridized carbons (Fsp3) is 0.400. The number of allylic oxidation sites excluding steroid dienone is 1. The van der Waals surface area contributed by atoms with E-state index in [-0.39, 0.29) is 12.2 Å². The summed E-state index contributed by atoms with van der Waals surface area (Å²) in [5, 5.41) is 27.4. The summed E-state index contributed by atoms with van der Waals surface area (Å²) < 4.78 is 40.9. The Bertz CT molecular complexity index is 1470. The quantitative estimate of drug-likeness (QED) is 0.377. The van der Waals surface area contributed by atoms with Gasteiger partial charge in [0.15, 0.2) is 5.67 Å². The van der Waals surface area contributed by atoms with Gasteiger partial charge in [0.25, 0.3) is 0 Å². The number of halogens is 1. The lowest BCUT2D eigenvalue weighted by molar-refractivity contribution is -0.0703. The van der Waals surface area contributed by atoms with Gasteiger partial charge in [-0.2, -0.15) is 10.4 Å². The number of nitriles is 1. The van der Waals surface area contributed by atoms with Crippen LogP contribution in [0.1, 0.15) is 35.9 Å². The zero-order valence-electron chi connectivity index (χ0n) is 20.3. The number of hydrogen-bond donors (Lipinski definition) is 3. The van der Waals surface area contributed by atoms with Crippen LogP contribution in [-0.2, 0) is 25.8 Å². The van der Waals surface area contributed by atoms with Gasteiger partial charge in [-0.05, 0) is 55.5 Å². The largest absolute Gasteiger partial charge is 0.403 e. The van der Waals surface area contributed by atoms with Gasteiger partial charge in [0.1, 0.15) is 24.6 Å². The lowest BCUT2D eigenvalue weighted by atomic mass is 9.82. The number of aliphatic hydroxyl groups excluding tert-OH is 1. The fourth-order valence-electron chi connectivity index (χ4n) is 5.06. The molecule has 1 aromatic carbocycles. The van der Waals surface area contributed by atoms with Crippen molar-refractivity contribution in [2.45, 2.75) is 50.2 Å². The number of fused-ring (bicyclic) bond motifs is 2. The van der Waals surface area contributed by atoms with Gasteiger partial charge in [0, 0.05) is 6.54 Å². The standard InChI is InChI=1S/C25H27FN5O5P/c1-16-20-9-10-22(31(20)29-15-28-16)25(14-27)24(2,26)23(32)21(36-25)13-35-37(33,34)30-12-11-18-8-7-17-5-3-4-6-19(17)18/h3-6,8-10,15,21,23,32H,7,11-13H2,1-2H3,(H2,30,33,34)/t21-,23-,24-,25+/m1/s1. The van der Waals surface area contributed by atoms with Gasteiger partial charge in [0.2, 0.25) is 5.60 Å². The average molecular weight is 527 g/mol. The van der Waals surface area contributed by atoms with Crippen molar-refractivity contribution >= 4 is 18.8 Å². The molecule has 37 heavy (non-hydrogen) atoms. The summed E-state index contributed by atoms with van der Waals surface area (Å²) in [5.41, 5.74) is -0.209. The molecule has 3 aromatic rings. The Labute approximate surface area is 213 Å². The molecular formula is C25H27FN5O5P. The van der Waals surface area contributed by atoms with Crippen LogP contribution in [0.2, 0.25) is 0 Å². The number of aromatic nitrogens is 3. The monoisotopic (exact) mass is 527 g/mol. The number of aliphatic hydroxyl groups is 1. The number of benzene rings is 1. The highest BCUT2D eigenvalue weighted by atomic mass is 31.2. The van der Waals surface area contributed by atoms with Crippen molar-refractivity contribution in [3.8, 4) is 6.07 Å². The predicted octanol–water partition coefficient (Wildman–Crippen LogP) is 2.98. The summed E-state index contributed by atoms with van der Waals surface area (Å²) in [5.74, 6) is 0. The smallest absolute Gasteiger partial charge is 0.387 e. The summed E-state index contributed by atoms with van der Waals surface area (Å²) in [6, 6.07) is 13.0. The number of ether oxygens (including phenoxy) is 1. The van der Waals surface area contributed by atoms with E-state index >= 15 is 4.39 Å². The molecule has 0 radical (unpaired) electrons. The van der Waals surface area contributed by atoms with Crippen molar-refractivity contribution in [1.82, 2.24) is 19.7 Å². The maximum Gasteiger partial charge on any atom is 0.403 e. The van der Waals surface area contributed by atoms with Crippen LogP contribution < -0.4 is 5.09 Å². The third kappa shape index (κ3) is 4.30. The van der Waals surface area contributed by atoms with E-state index in [2.05, 4.69) is 21.2 Å². The molecule has 2 aliphatic rings.